The number of nitrogens with zero attached hydrogens (tertiary/aromatic N) is 2. The van der Waals surface area contributed by atoms with Crippen LogP contribution in [0.5, 0.6) is 0 Å². The second-order valence-corrected chi connectivity index (χ2v) is 6.10. The zero-order chi connectivity index (χ0) is 14.6. The molecule has 0 amide bonds. The maximum atomic E-state index is 8.68. The van der Waals surface area contributed by atoms with Crippen LogP contribution in [0.3, 0.4) is 0 Å². The summed E-state index contributed by atoms with van der Waals surface area (Å²) in [7, 11) is 2.20. The van der Waals surface area contributed by atoms with E-state index in [9.17, 15) is 0 Å². The van der Waals surface area contributed by atoms with Crippen molar-refractivity contribution in [3.63, 3.8) is 0 Å². The van der Waals surface area contributed by atoms with Gasteiger partial charge in [0.15, 0.2) is 0 Å². The van der Waals surface area contributed by atoms with E-state index in [-0.39, 0.29) is 12.1 Å². The molecule has 0 saturated carbocycles. The van der Waals surface area contributed by atoms with E-state index in [0.717, 1.165) is 31.7 Å². The topological polar surface area (TPSA) is 26.7 Å². The Labute approximate surface area is 122 Å². The first-order valence-corrected chi connectivity index (χ1v) is 7.13. The minimum atomic E-state index is -0.0852. The quantitative estimate of drug-likeness (QED) is 0.828. The molecule has 108 valence electrons. The third-order valence-corrected chi connectivity index (χ3v) is 4.07. The molecule has 3 heteroatoms. The van der Waals surface area contributed by atoms with E-state index in [2.05, 4.69) is 54.7 Å². The Morgan fingerprint density at radius 1 is 1.20 bits per heavy atom. The number of aliphatic hydroxyl groups excluding tert-OH is 1. The molecule has 0 atom stereocenters. The lowest BCUT2D eigenvalue weighted by atomic mass is 9.99. The number of rotatable bonds is 2. The van der Waals surface area contributed by atoms with Gasteiger partial charge < -0.3 is 5.11 Å². The molecular formula is C17H24N2O. The molecule has 0 aromatic heterocycles. The Balaban J connectivity index is 1.97. The summed E-state index contributed by atoms with van der Waals surface area (Å²) in [5.74, 6) is 5.59. The minimum absolute atomic E-state index is 0.0852. The highest BCUT2D eigenvalue weighted by atomic mass is 16.2. The number of hydrogen-bond acceptors (Lipinski definition) is 3. The summed E-state index contributed by atoms with van der Waals surface area (Å²) in [5, 5.41) is 8.68. The molecule has 1 aromatic rings. The zero-order valence-corrected chi connectivity index (χ0v) is 12.7. The van der Waals surface area contributed by atoms with Gasteiger partial charge in [-0.25, -0.2) is 0 Å². The second-order valence-electron chi connectivity index (χ2n) is 6.10. The van der Waals surface area contributed by atoms with Crippen molar-refractivity contribution in [1.82, 2.24) is 9.80 Å². The van der Waals surface area contributed by atoms with E-state index in [1.807, 2.05) is 12.1 Å². The molecule has 0 unspecified atom stereocenters. The summed E-state index contributed by atoms with van der Waals surface area (Å²) in [4.78, 5) is 4.94. The van der Waals surface area contributed by atoms with Crippen LogP contribution in [-0.4, -0.2) is 53.7 Å². The van der Waals surface area contributed by atoms with Gasteiger partial charge in [0.1, 0.15) is 6.61 Å². The molecule has 1 heterocycles. The lowest BCUT2D eigenvalue weighted by Crippen LogP contribution is -2.57. The highest BCUT2D eigenvalue weighted by Crippen LogP contribution is 2.20. The molecule has 1 fully saturated rings. The maximum Gasteiger partial charge on any atom is 0.104 e. The summed E-state index contributed by atoms with van der Waals surface area (Å²) in [5.41, 5.74) is 2.52. The first-order chi connectivity index (χ1) is 9.51. The third kappa shape index (κ3) is 3.83. The SMILES string of the molecule is CN1CCN(Cc2ccc(C#CCO)cc2)CC1(C)C. The van der Waals surface area contributed by atoms with Crippen molar-refractivity contribution in [1.29, 1.82) is 0 Å². The fourth-order valence-electron chi connectivity index (χ4n) is 2.57. The normalized spacial score (nSPS) is 19.4. The highest BCUT2D eigenvalue weighted by molar-refractivity contribution is 5.36. The number of likely N-dealkylation sites (N-methyl/N-ethyl adjacent to an activating group) is 1. The number of benzene rings is 1. The zero-order valence-electron chi connectivity index (χ0n) is 12.7. The first kappa shape index (κ1) is 15.1. The minimum Gasteiger partial charge on any atom is -0.384 e. The molecule has 3 nitrogen and oxygen atoms in total. The Bertz CT molecular complexity index is 496. The van der Waals surface area contributed by atoms with Gasteiger partial charge in [-0.15, -0.1) is 0 Å². The lowest BCUT2D eigenvalue weighted by molar-refractivity contribution is 0.0360. The number of hydrogen-bond donors (Lipinski definition) is 1. The Hall–Kier alpha value is -1.34. The Morgan fingerprint density at radius 3 is 2.50 bits per heavy atom. The summed E-state index contributed by atoms with van der Waals surface area (Å²) in [6, 6.07) is 8.32. The van der Waals surface area contributed by atoms with Crippen molar-refractivity contribution in [3.05, 3.63) is 35.4 Å². The number of piperazine rings is 1. The van der Waals surface area contributed by atoms with E-state index >= 15 is 0 Å². The van der Waals surface area contributed by atoms with Crippen molar-refractivity contribution in [2.45, 2.75) is 25.9 Å². The highest BCUT2D eigenvalue weighted by Gasteiger charge is 2.30. The maximum absolute atomic E-state index is 8.68. The average Bonchev–Trinajstić information content (AvgIpc) is 2.42. The average molecular weight is 272 g/mol. The summed E-state index contributed by atoms with van der Waals surface area (Å²) in [6.07, 6.45) is 0. The predicted octanol–water partition coefficient (Wildman–Crippen LogP) is 1.56. The molecule has 2 rings (SSSR count). The van der Waals surface area contributed by atoms with E-state index in [1.165, 1.54) is 5.56 Å². The van der Waals surface area contributed by atoms with Crippen LogP contribution in [0.15, 0.2) is 24.3 Å². The van der Waals surface area contributed by atoms with E-state index < -0.39 is 0 Å². The van der Waals surface area contributed by atoms with Gasteiger partial charge >= 0.3 is 0 Å². The third-order valence-electron chi connectivity index (χ3n) is 4.07. The molecule has 1 saturated heterocycles. The molecule has 0 aliphatic carbocycles. The van der Waals surface area contributed by atoms with Crippen molar-refractivity contribution in [2.75, 3.05) is 33.3 Å². The van der Waals surface area contributed by atoms with Gasteiger partial charge in [0.2, 0.25) is 0 Å². The first-order valence-electron chi connectivity index (χ1n) is 7.13. The molecule has 0 spiro atoms. The largest absolute Gasteiger partial charge is 0.384 e. The van der Waals surface area contributed by atoms with E-state index in [0.29, 0.717) is 0 Å². The van der Waals surface area contributed by atoms with Gasteiger partial charge in [0.25, 0.3) is 0 Å². The lowest BCUT2D eigenvalue weighted by Gasteiger charge is -2.45. The summed E-state index contributed by atoms with van der Waals surface area (Å²) < 4.78 is 0. The van der Waals surface area contributed by atoms with Gasteiger partial charge in [-0.1, -0.05) is 24.0 Å². The van der Waals surface area contributed by atoms with Crippen molar-refractivity contribution < 1.29 is 5.11 Å². The molecule has 20 heavy (non-hydrogen) atoms. The van der Waals surface area contributed by atoms with Gasteiger partial charge in [0, 0.05) is 37.3 Å². The summed E-state index contributed by atoms with van der Waals surface area (Å²) in [6.45, 7) is 8.83. The van der Waals surface area contributed by atoms with Gasteiger partial charge in [-0.2, -0.15) is 0 Å². The van der Waals surface area contributed by atoms with Crippen LogP contribution >= 0.6 is 0 Å². The molecular weight excluding hydrogens is 248 g/mol. The Morgan fingerprint density at radius 2 is 1.90 bits per heavy atom. The molecule has 1 aliphatic heterocycles. The fraction of sp³-hybridized carbons (Fsp3) is 0.529. The smallest absolute Gasteiger partial charge is 0.104 e. The second kappa shape index (κ2) is 6.41. The van der Waals surface area contributed by atoms with E-state index in [4.69, 9.17) is 5.11 Å². The van der Waals surface area contributed by atoms with Crippen LogP contribution in [0.1, 0.15) is 25.0 Å². The Kier molecular flexibility index (Phi) is 4.82. The fourth-order valence-corrected chi connectivity index (χ4v) is 2.57. The number of aliphatic hydroxyl groups is 1. The summed E-state index contributed by atoms with van der Waals surface area (Å²) >= 11 is 0. The van der Waals surface area contributed by atoms with Crippen LogP contribution in [0.4, 0.5) is 0 Å². The molecule has 1 aliphatic rings. The van der Waals surface area contributed by atoms with Gasteiger partial charge in [-0.05, 0) is 38.6 Å². The van der Waals surface area contributed by atoms with Crippen molar-refractivity contribution in [3.8, 4) is 11.8 Å². The molecule has 0 bridgehead atoms. The van der Waals surface area contributed by atoms with E-state index in [1.54, 1.807) is 0 Å². The van der Waals surface area contributed by atoms with Crippen LogP contribution in [0, 0.1) is 11.8 Å². The molecule has 0 radical (unpaired) electrons. The van der Waals surface area contributed by atoms with Gasteiger partial charge in [0.05, 0.1) is 0 Å². The van der Waals surface area contributed by atoms with Crippen LogP contribution in [0.2, 0.25) is 0 Å². The predicted molar refractivity (Wildman–Crippen MR) is 82.4 cm³/mol. The molecule has 1 N–H and O–H groups in total. The van der Waals surface area contributed by atoms with Crippen molar-refractivity contribution >= 4 is 0 Å². The monoisotopic (exact) mass is 272 g/mol. The van der Waals surface area contributed by atoms with Crippen LogP contribution in [-0.2, 0) is 6.54 Å². The standard InChI is InChI=1S/C17H24N2O/c1-17(2)14-19(11-10-18(17)3)13-16-8-6-15(7-9-16)5-4-12-20/h6-9,20H,10-14H2,1-3H3. The van der Waals surface area contributed by atoms with Crippen LogP contribution < -0.4 is 0 Å². The van der Waals surface area contributed by atoms with Crippen molar-refractivity contribution in [2.24, 2.45) is 0 Å². The van der Waals surface area contributed by atoms with Crippen LogP contribution in [0.25, 0.3) is 0 Å². The molecule has 1 aromatic carbocycles. The van der Waals surface area contributed by atoms with Gasteiger partial charge in [-0.3, -0.25) is 9.80 Å².